The van der Waals surface area contributed by atoms with E-state index in [1.807, 2.05) is 30.3 Å². The first-order chi connectivity index (χ1) is 16.4. The predicted octanol–water partition coefficient (Wildman–Crippen LogP) is 5.58. The molecule has 0 saturated carbocycles. The average molecular weight is 459 g/mol. The molecule has 0 spiro atoms. The SMILES string of the molecule is Oc1cccc(CCc2cccc(Oc3cc(CCc4cc(O)cc(O)c4)cc(O)c3O)c2)c1. The minimum absolute atomic E-state index is 0.0171. The van der Waals surface area contributed by atoms with E-state index < -0.39 is 0 Å². The molecule has 6 heteroatoms. The first-order valence-electron chi connectivity index (χ1n) is 11.0. The van der Waals surface area contributed by atoms with Crippen LogP contribution >= 0.6 is 0 Å². The van der Waals surface area contributed by atoms with Crippen LogP contribution in [0.25, 0.3) is 0 Å². The van der Waals surface area contributed by atoms with Gasteiger partial charge in [-0.2, -0.15) is 0 Å². The van der Waals surface area contributed by atoms with Crippen molar-refractivity contribution < 1.29 is 30.3 Å². The molecule has 0 atom stereocenters. The molecular weight excluding hydrogens is 432 g/mol. The number of phenolic OH excluding ortho intramolecular Hbond substituents is 5. The smallest absolute Gasteiger partial charge is 0.201 e. The van der Waals surface area contributed by atoms with Crippen molar-refractivity contribution in [2.75, 3.05) is 0 Å². The Labute approximate surface area is 197 Å². The summed E-state index contributed by atoms with van der Waals surface area (Å²) in [5.41, 5.74) is 3.53. The Hall–Kier alpha value is -4.32. The third kappa shape index (κ3) is 5.92. The lowest BCUT2D eigenvalue weighted by molar-refractivity contribution is 0.372. The summed E-state index contributed by atoms with van der Waals surface area (Å²) >= 11 is 0. The van der Waals surface area contributed by atoms with Gasteiger partial charge in [-0.05, 0) is 96.5 Å². The normalized spacial score (nSPS) is 10.8. The third-order valence-electron chi connectivity index (χ3n) is 5.52. The zero-order chi connectivity index (χ0) is 24.1. The fourth-order valence-corrected chi connectivity index (χ4v) is 3.85. The van der Waals surface area contributed by atoms with E-state index >= 15 is 0 Å². The van der Waals surface area contributed by atoms with E-state index in [2.05, 4.69) is 0 Å². The number of ether oxygens (including phenoxy) is 1. The molecule has 0 saturated heterocycles. The van der Waals surface area contributed by atoms with Gasteiger partial charge in [-0.1, -0.05) is 24.3 Å². The molecule has 4 aromatic carbocycles. The molecule has 0 heterocycles. The number of aryl methyl sites for hydroxylation is 4. The van der Waals surface area contributed by atoms with Gasteiger partial charge in [0.15, 0.2) is 11.5 Å². The lowest BCUT2D eigenvalue weighted by Crippen LogP contribution is -1.95. The predicted molar refractivity (Wildman–Crippen MR) is 129 cm³/mol. The van der Waals surface area contributed by atoms with Crippen LogP contribution < -0.4 is 4.74 Å². The van der Waals surface area contributed by atoms with Crippen molar-refractivity contribution >= 4 is 0 Å². The van der Waals surface area contributed by atoms with Crippen LogP contribution in [-0.4, -0.2) is 25.5 Å². The van der Waals surface area contributed by atoms with Gasteiger partial charge >= 0.3 is 0 Å². The summed E-state index contributed by atoms with van der Waals surface area (Å²) in [4.78, 5) is 0. The monoisotopic (exact) mass is 458 g/mol. The zero-order valence-electron chi connectivity index (χ0n) is 18.5. The molecule has 0 aliphatic rings. The van der Waals surface area contributed by atoms with Gasteiger partial charge in [0.1, 0.15) is 23.0 Å². The lowest BCUT2D eigenvalue weighted by atomic mass is 10.0. The summed E-state index contributed by atoms with van der Waals surface area (Å²) in [6.07, 6.45) is 2.51. The van der Waals surface area contributed by atoms with Gasteiger partial charge in [0.25, 0.3) is 0 Å². The molecule has 0 aliphatic heterocycles. The Balaban J connectivity index is 1.46. The molecule has 6 nitrogen and oxygen atoms in total. The minimum atomic E-state index is -0.344. The average Bonchev–Trinajstić information content (AvgIpc) is 2.79. The van der Waals surface area contributed by atoms with Crippen molar-refractivity contribution in [3.63, 3.8) is 0 Å². The van der Waals surface area contributed by atoms with E-state index in [9.17, 15) is 25.5 Å². The van der Waals surface area contributed by atoms with Crippen LogP contribution in [-0.2, 0) is 25.7 Å². The topological polar surface area (TPSA) is 110 Å². The number of benzene rings is 4. The molecule has 0 bridgehead atoms. The fraction of sp³-hybridized carbons (Fsp3) is 0.143. The van der Waals surface area contributed by atoms with Gasteiger partial charge in [-0.15, -0.1) is 0 Å². The molecular formula is C28H26O6. The molecule has 174 valence electrons. The van der Waals surface area contributed by atoms with Gasteiger partial charge in [-0.25, -0.2) is 0 Å². The van der Waals surface area contributed by atoms with Gasteiger partial charge in [-0.3, -0.25) is 0 Å². The maximum atomic E-state index is 10.3. The highest BCUT2D eigenvalue weighted by molar-refractivity contribution is 5.53. The maximum Gasteiger partial charge on any atom is 0.201 e. The molecule has 34 heavy (non-hydrogen) atoms. The van der Waals surface area contributed by atoms with Crippen molar-refractivity contribution in [2.45, 2.75) is 25.7 Å². The highest BCUT2D eigenvalue weighted by atomic mass is 16.5. The first-order valence-corrected chi connectivity index (χ1v) is 11.0. The van der Waals surface area contributed by atoms with E-state index in [1.54, 1.807) is 36.4 Å². The number of hydrogen-bond acceptors (Lipinski definition) is 6. The maximum absolute atomic E-state index is 10.3. The number of hydrogen-bond donors (Lipinski definition) is 5. The Morgan fingerprint density at radius 2 is 1.06 bits per heavy atom. The van der Waals surface area contributed by atoms with Crippen molar-refractivity contribution in [3.05, 3.63) is 101 Å². The highest BCUT2D eigenvalue weighted by Gasteiger charge is 2.13. The Bertz CT molecular complexity index is 1280. The van der Waals surface area contributed by atoms with E-state index in [0.717, 1.165) is 35.1 Å². The molecule has 5 N–H and O–H groups in total. The quantitative estimate of drug-likeness (QED) is 0.221. The van der Waals surface area contributed by atoms with Crippen LogP contribution in [0.3, 0.4) is 0 Å². The summed E-state index contributed by atoms with van der Waals surface area (Å²) in [6, 6.07) is 22.2. The Kier molecular flexibility index (Phi) is 6.78. The third-order valence-corrected chi connectivity index (χ3v) is 5.52. The van der Waals surface area contributed by atoms with E-state index in [0.29, 0.717) is 18.6 Å². The van der Waals surface area contributed by atoms with Gasteiger partial charge in [0.05, 0.1) is 0 Å². The van der Waals surface area contributed by atoms with Gasteiger partial charge in [0, 0.05) is 6.07 Å². The van der Waals surface area contributed by atoms with E-state index in [1.165, 1.54) is 12.1 Å². The van der Waals surface area contributed by atoms with Gasteiger partial charge in [0.2, 0.25) is 5.75 Å². The lowest BCUT2D eigenvalue weighted by Gasteiger charge is -2.13. The number of phenols is 5. The molecule has 0 radical (unpaired) electrons. The summed E-state index contributed by atoms with van der Waals surface area (Å²) in [5.74, 6) is 0.242. The summed E-state index contributed by atoms with van der Waals surface area (Å²) < 4.78 is 5.90. The van der Waals surface area contributed by atoms with Gasteiger partial charge < -0.3 is 30.3 Å². The molecule has 4 aromatic rings. The largest absolute Gasteiger partial charge is 0.508 e. The van der Waals surface area contributed by atoms with Crippen LogP contribution in [0.2, 0.25) is 0 Å². The Morgan fingerprint density at radius 3 is 1.74 bits per heavy atom. The standard InChI is InChI=1S/C28H26O6/c29-22-5-1-3-18(11-22)7-8-19-4-2-6-25(14-19)34-27-16-21(15-26(32)28(27)33)10-9-20-12-23(30)17-24(31)13-20/h1-6,11-17,29-33H,7-10H2. The second-order valence-electron chi connectivity index (χ2n) is 8.24. The second kappa shape index (κ2) is 10.1. The molecule has 4 rings (SSSR count). The number of aromatic hydroxyl groups is 5. The van der Waals surface area contributed by atoms with Crippen LogP contribution in [0.1, 0.15) is 22.3 Å². The number of rotatable bonds is 8. The first kappa shape index (κ1) is 22.9. The molecule has 0 unspecified atom stereocenters. The van der Waals surface area contributed by atoms with Crippen molar-refractivity contribution in [1.29, 1.82) is 0 Å². The van der Waals surface area contributed by atoms with Crippen molar-refractivity contribution in [3.8, 4) is 40.2 Å². The van der Waals surface area contributed by atoms with Crippen LogP contribution in [0.4, 0.5) is 0 Å². The van der Waals surface area contributed by atoms with E-state index in [-0.39, 0.29) is 34.5 Å². The van der Waals surface area contributed by atoms with Crippen LogP contribution in [0, 0.1) is 0 Å². The molecule has 0 amide bonds. The Morgan fingerprint density at radius 1 is 0.500 bits per heavy atom. The van der Waals surface area contributed by atoms with Crippen molar-refractivity contribution in [2.24, 2.45) is 0 Å². The minimum Gasteiger partial charge on any atom is -0.508 e. The summed E-state index contributed by atoms with van der Waals surface area (Å²) in [5, 5.41) is 49.5. The summed E-state index contributed by atoms with van der Waals surface area (Å²) in [6.45, 7) is 0. The molecule has 0 aromatic heterocycles. The fourth-order valence-electron chi connectivity index (χ4n) is 3.85. The van der Waals surface area contributed by atoms with Crippen molar-refractivity contribution in [1.82, 2.24) is 0 Å². The summed E-state index contributed by atoms with van der Waals surface area (Å²) in [7, 11) is 0. The molecule has 0 fully saturated rings. The highest BCUT2D eigenvalue weighted by Crippen LogP contribution is 2.39. The zero-order valence-corrected chi connectivity index (χ0v) is 18.5. The van der Waals surface area contributed by atoms with Crippen LogP contribution in [0.5, 0.6) is 40.2 Å². The van der Waals surface area contributed by atoms with E-state index in [4.69, 9.17) is 4.74 Å². The van der Waals surface area contributed by atoms with Crippen LogP contribution in [0.15, 0.2) is 78.9 Å². The second-order valence-corrected chi connectivity index (χ2v) is 8.24. The molecule has 0 aliphatic carbocycles.